The Bertz CT molecular complexity index is 634. The van der Waals surface area contributed by atoms with Crippen LogP contribution in [0, 0.1) is 0 Å². The van der Waals surface area contributed by atoms with Crippen molar-refractivity contribution in [2.24, 2.45) is 0 Å². The summed E-state index contributed by atoms with van der Waals surface area (Å²) < 4.78 is 1.86. The molecule has 20 heavy (non-hydrogen) atoms. The van der Waals surface area contributed by atoms with Gasteiger partial charge in [-0.1, -0.05) is 37.9 Å². The summed E-state index contributed by atoms with van der Waals surface area (Å²) in [6.45, 7) is 0. The molecule has 3 N–H and O–H groups in total. The minimum Gasteiger partial charge on any atom is -0.398 e. The number of halogens is 2. The lowest BCUT2D eigenvalue weighted by atomic mass is 10.3. The summed E-state index contributed by atoms with van der Waals surface area (Å²) in [6.07, 6.45) is 0. The second-order valence-corrected chi connectivity index (χ2v) is 6.88. The Morgan fingerprint density at radius 3 is 2.60 bits per heavy atom. The lowest BCUT2D eigenvalue weighted by Crippen LogP contribution is -2.14. The third-order valence-electron chi connectivity index (χ3n) is 2.44. The van der Waals surface area contributed by atoms with E-state index in [1.54, 1.807) is 0 Å². The smallest absolute Gasteiger partial charge is 0.234 e. The molecule has 2 rings (SSSR count). The molecule has 2 aromatic carbocycles. The van der Waals surface area contributed by atoms with Gasteiger partial charge in [0, 0.05) is 25.2 Å². The molecule has 0 heterocycles. The number of anilines is 2. The second-order valence-electron chi connectivity index (χ2n) is 4.03. The fraction of sp³-hybridized carbons (Fsp3) is 0.0714. The highest BCUT2D eigenvalue weighted by Crippen LogP contribution is 2.28. The van der Waals surface area contributed by atoms with Gasteiger partial charge in [0.15, 0.2) is 0 Å². The summed E-state index contributed by atoms with van der Waals surface area (Å²) in [6, 6.07) is 13.1. The van der Waals surface area contributed by atoms with Crippen LogP contribution in [-0.4, -0.2) is 11.7 Å². The third-order valence-corrected chi connectivity index (χ3v) is 4.51. The van der Waals surface area contributed by atoms with Crippen molar-refractivity contribution in [3.8, 4) is 0 Å². The first kappa shape index (κ1) is 15.4. The Kier molecular flexibility index (Phi) is 5.51. The zero-order chi connectivity index (χ0) is 14.5. The van der Waals surface area contributed by atoms with Gasteiger partial charge in [-0.15, -0.1) is 11.8 Å². The van der Waals surface area contributed by atoms with Crippen LogP contribution in [0.4, 0.5) is 11.4 Å². The number of nitrogen functional groups attached to an aromatic ring is 1. The van der Waals surface area contributed by atoms with Gasteiger partial charge in [-0.05, 0) is 36.4 Å². The van der Waals surface area contributed by atoms with Crippen molar-refractivity contribution in [1.29, 1.82) is 0 Å². The molecule has 0 saturated heterocycles. The van der Waals surface area contributed by atoms with E-state index in [-0.39, 0.29) is 5.91 Å². The van der Waals surface area contributed by atoms with Gasteiger partial charge in [0.2, 0.25) is 5.91 Å². The van der Waals surface area contributed by atoms with Crippen LogP contribution < -0.4 is 11.1 Å². The molecular weight excluding hydrogens is 404 g/mol. The topological polar surface area (TPSA) is 55.1 Å². The fourth-order valence-corrected chi connectivity index (χ4v) is 3.08. The zero-order valence-corrected chi connectivity index (χ0v) is 14.4. The van der Waals surface area contributed by atoms with Crippen molar-refractivity contribution in [3.05, 3.63) is 51.4 Å². The minimum atomic E-state index is -0.0598. The number of amides is 1. The zero-order valence-electron chi connectivity index (χ0n) is 10.4. The molecule has 0 spiro atoms. The maximum absolute atomic E-state index is 11.9. The van der Waals surface area contributed by atoms with Crippen molar-refractivity contribution in [3.63, 3.8) is 0 Å². The highest BCUT2D eigenvalue weighted by molar-refractivity contribution is 9.10. The first-order valence-electron chi connectivity index (χ1n) is 5.78. The second kappa shape index (κ2) is 7.15. The fourth-order valence-electron chi connectivity index (χ4n) is 1.56. The predicted molar refractivity (Wildman–Crippen MR) is 92.1 cm³/mol. The first-order chi connectivity index (χ1) is 9.54. The lowest BCUT2D eigenvalue weighted by molar-refractivity contribution is -0.113. The van der Waals surface area contributed by atoms with Crippen LogP contribution in [0.25, 0.3) is 0 Å². The van der Waals surface area contributed by atoms with Gasteiger partial charge in [-0.25, -0.2) is 0 Å². The van der Waals surface area contributed by atoms with E-state index in [4.69, 9.17) is 5.73 Å². The highest BCUT2D eigenvalue weighted by Gasteiger charge is 2.06. The van der Waals surface area contributed by atoms with Crippen LogP contribution in [0.15, 0.2) is 56.3 Å². The van der Waals surface area contributed by atoms with Crippen LogP contribution in [0.1, 0.15) is 0 Å². The average molecular weight is 416 g/mol. The van der Waals surface area contributed by atoms with Gasteiger partial charge in [0.25, 0.3) is 0 Å². The highest BCUT2D eigenvalue weighted by atomic mass is 79.9. The molecule has 0 fully saturated rings. The SMILES string of the molecule is Nc1cc(Br)ccc1SCC(=O)Nc1cccc(Br)c1. The van der Waals surface area contributed by atoms with Gasteiger partial charge in [0.1, 0.15) is 0 Å². The summed E-state index contributed by atoms with van der Waals surface area (Å²) in [5, 5.41) is 2.84. The molecule has 0 atom stereocenters. The molecule has 2 aromatic rings. The third kappa shape index (κ3) is 4.54. The predicted octanol–water partition coefficient (Wildman–Crippen LogP) is 4.52. The number of benzene rings is 2. The van der Waals surface area contributed by atoms with E-state index in [1.165, 1.54) is 11.8 Å². The maximum Gasteiger partial charge on any atom is 0.234 e. The van der Waals surface area contributed by atoms with Gasteiger partial charge in [-0.2, -0.15) is 0 Å². The Labute approximate surface area is 138 Å². The molecule has 0 aliphatic heterocycles. The van der Waals surface area contributed by atoms with E-state index in [2.05, 4.69) is 37.2 Å². The quantitative estimate of drug-likeness (QED) is 0.569. The number of hydrogen-bond acceptors (Lipinski definition) is 3. The molecule has 0 saturated carbocycles. The van der Waals surface area contributed by atoms with E-state index in [0.717, 1.165) is 19.5 Å². The molecule has 0 radical (unpaired) electrons. The summed E-state index contributed by atoms with van der Waals surface area (Å²) in [5.74, 6) is 0.258. The number of nitrogens with one attached hydrogen (secondary N) is 1. The summed E-state index contributed by atoms with van der Waals surface area (Å²) in [7, 11) is 0. The first-order valence-corrected chi connectivity index (χ1v) is 8.35. The molecule has 0 aliphatic rings. The maximum atomic E-state index is 11.9. The Morgan fingerprint density at radius 2 is 1.90 bits per heavy atom. The number of carbonyl (C=O) groups is 1. The van der Waals surface area contributed by atoms with E-state index in [9.17, 15) is 4.79 Å². The van der Waals surface area contributed by atoms with Crippen molar-refractivity contribution in [2.45, 2.75) is 4.90 Å². The van der Waals surface area contributed by atoms with Crippen LogP contribution in [0.2, 0.25) is 0 Å². The van der Waals surface area contributed by atoms with Gasteiger partial charge < -0.3 is 11.1 Å². The molecule has 1 amide bonds. The molecule has 0 unspecified atom stereocenters. The molecule has 6 heteroatoms. The average Bonchev–Trinajstić information content (AvgIpc) is 2.37. The normalized spacial score (nSPS) is 10.3. The largest absolute Gasteiger partial charge is 0.398 e. The van der Waals surface area contributed by atoms with Gasteiger partial charge in [-0.3, -0.25) is 4.79 Å². The standard InChI is InChI=1S/C14H12Br2N2OS/c15-9-2-1-3-11(6-9)18-14(19)8-20-13-5-4-10(16)7-12(13)17/h1-7H,8,17H2,(H,18,19). The van der Waals surface area contributed by atoms with Crippen molar-refractivity contribution in [2.75, 3.05) is 16.8 Å². The monoisotopic (exact) mass is 414 g/mol. The van der Waals surface area contributed by atoms with E-state index in [0.29, 0.717) is 11.4 Å². The molecule has 104 valence electrons. The number of rotatable bonds is 4. The van der Waals surface area contributed by atoms with E-state index in [1.807, 2.05) is 42.5 Å². The minimum absolute atomic E-state index is 0.0598. The van der Waals surface area contributed by atoms with E-state index >= 15 is 0 Å². The molecule has 3 nitrogen and oxygen atoms in total. The van der Waals surface area contributed by atoms with E-state index < -0.39 is 0 Å². The van der Waals surface area contributed by atoms with Crippen LogP contribution >= 0.6 is 43.6 Å². The summed E-state index contributed by atoms with van der Waals surface area (Å²) >= 11 is 8.14. The molecular formula is C14H12Br2N2OS. The van der Waals surface area contributed by atoms with Crippen molar-refractivity contribution in [1.82, 2.24) is 0 Å². The van der Waals surface area contributed by atoms with Crippen LogP contribution in [0.5, 0.6) is 0 Å². The van der Waals surface area contributed by atoms with Crippen LogP contribution in [-0.2, 0) is 4.79 Å². The molecule has 0 aliphatic carbocycles. The summed E-state index contributed by atoms with van der Waals surface area (Å²) in [5.41, 5.74) is 7.33. The van der Waals surface area contributed by atoms with Crippen molar-refractivity contribution >= 4 is 60.9 Å². The van der Waals surface area contributed by atoms with Gasteiger partial charge in [0.05, 0.1) is 5.75 Å². The molecule has 0 bridgehead atoms. The summed E-state index contributed by atoms with van der Waals surface area (Å²) in [4.78, 5) is 12.8. The Morgan fingerprint density at radius 1 is 1.15 bits per heavy atom. The van der Waals surface area contributed by atoms with Gasteiger partial charge >= 0.3 is 0 Å². The number of carbonyl (C=O) groups excluding carboxylic acids is 1. The Balaban J connectivity index is 1.92. The van der Waals surface area contributed by atoms with Crippen LogP contribution in [0.3, 0.4) is 0 Å². The molecule has 0 aromatic heterocycles. The number of hydrogen-bond donors (Lipinski definition) is 2. The number of nitrogens with two attached hydrogens (primary N) is 1. The number of thioether (sulfide) groups is 1. The van der Waals surface area contributed by atoms with Crippen molar-refractivity contribution < 1.29 is 4.79 Å². The Hall–Kier alpha value is -0.980. The lowest BCUT2D eigenvalue weighted by Gasteiger charge is -2.07.